The number of fused-ring (bicyclic) bond motifs is 2. The molecule has 0 saturated heterocycles. The molecule has 41 heavy (non-hydrogen) atoms. The SMILES string of the molecule is COc1ncc(-c2cccc3c(Cl)c([C@H](C)Nc4ncnc5[nH]ccc(=O)c45)n(-c4ccccc4)c(=O)c23)cc1C. The fraction of sp³-hybridized carbons (Fsp3) is 0.129. The first-order valence-corrected chi connectivity index (χ1v) is 13.3. The number of nitrogens with zero attached hydrogens (tertiary/aromatic N) is 4. The summed E-state index contributed by atoms with van der Waals surface area (Å²) in [4.78, 5) is 43.1. The first-order valence-electron chi connectivity index (χ1n) is 12.9. The molecule has 6 rings (SSSR count). The second-order valence-electron chi connectivity index (χ2n) is 9.61. The molecule has 0 amide bonds. The van der Waals surface area contributed by atoms with Crippen molar-refractivity contribution in [3.8, 4) is 22.7 Å². The van der Waals surface area contributed by atoms with Crippen LogP contribution in [0.2, 0.25) is 5.02 Å². The Balaban J connectivity index is 1.61. The first-order chi connectivity index (χ1) is 19.9. The van der Waals surface area contributed by atoms with Gasteiger partial charge < -0.3 is 15.0 Å². The molecule has 9 nitrogen and oxygen atoms in total. The van der Waals surface area contributed by atoms with Gasteiger partial charge in [0.25, 0.3) is 5.56 Å². The fourth-order valence-electron chi connectivity index (χ4n) is 5.19. The summed E-state index contributed by atoms with van der Waals surface area (Å²) in [5.41, 5.74) is 3.43. The van der Waals surface area contributed by atoms with Gasteiger partial charge in [0.1, 0.15) is 23.2 Å². The lowest BCUT2D eigenvalue weighted by Crippen LogP contribution is -2.27. The Bertz CT molecular complexity index is 2050. The minimum atomic E-state index is -0.536. The molecule has 10 heteroatoms. The van der Waals surface area contributed by atoms with Gasteiger partial charge in [0.2, 0.25) is 5.88 Å². The molecule has 0 radical (unpaired) electrons. The maximum absolute atomic E-state index is 14.5. The van der Waals surface area contributed by atoms with Crippen LogP contribution in [0.5, 0.6) is 5.88 Å². The first kappa shape index (κ1) is 26.2. The van der Waals surface area contributed by atoms with Crippen LogP contribution in [0, 0.1) is 6.92 Å². The van der Waals surface area contributed by atoms with Gasteiger partial charge in [-0.1, -0.05) is 48.0 Å². The largest absolute Gasteiger partial charge is 0.481 e. The molecule has 2 N–H and O–H groups in total. The minimum absolute atomic E-state index is 0.229. The lowest BCUT2D eigenvalue weighted by Gasteiger charge is -2.24. The van der Waals surface area contributed by atoms with Crippen LogP contribution in [0.4, 0.5) is 5.82 Å². The van der Waals surface area contributed by atoms with Gasteiger partial charge in [-0.05, 0) is 37.6 Å². The van der Waals surface area contributed by atoms with Gasteiger partial charge >= 0.3 is 0 Å². The fourth-order valence-corrected chi connectivity index (χ4v) is 5.60. The van der Waals surface area contributed by atoms with Crippen molar-refractivity contribution in [1.29, 1.82) is 0 Å². The van der Waals surface area contributed by atoms with Crippen LogP contribution in [-0.4, -0.2) is 31.6 Å². The van der Waals surface area contributed by atoms with Gasteiger partial charge in [-0.25, -0.2) is 15.0 Å². The molecule has 4 aromatic heterocycles. The molecule has 2 aromatic carbocycles. The number of aromatic amines is 1. The Labute approximate surface area is 239 Å². The summed E-state index contributed by atoms with van der Waals surface area (Å²) in [6.45, 7) is 3.78. The highest BCUT2D eigenvalue weighted by Crippen LogP contribution is 2.37. The number of ether oxygens (including phenoxy) is 1. The molecule has 6 aromatic rings. The van der Waals surface area contributed by atoms with Crippen LogP contribution in [0.15, 0.2) is 89.0 Å². The van der Waals surface area contributed by atoms with Gasteiger partial charge in [-0.15, -0.1) is 0 Å². The molecular formula is C31H25ClN6O3. The Kier molecular flexibility index (Phi) is 6.72. The number of aromatic nitrogens is 5. The molecule has 0 bridgehead atoms. The topological polar surface area (TPSA) is 115 Å². The van der Waals surface area contributed by atoms with Crippen molar-refractivity contribution < 1.29 is 4.74 Å². The summed E-state index contributed by atoms with van der Waals surface area (Å²) in [6, 6.07) is 17.7. The van der Waals surface area contributed by atoms with Gasteiger partial charge in [0.05, 0.1) is 29.3 Å². The van der Waals surface area contributed by atoms with Crippen molar-refractivity contribution in [3.63, 3.8) is 0 Å². The third kappa shape index (κ3) is 4.50. The van der Waals surface area contributed by atoms with Crippen molar-refractivity contribution in [3.05, 3.63) is 116 Å². The number of pyridine rings is 3. The number of para-hydroxylation sites is 1. The maximum atomic E-state index is 14.5. The number of halogens is 1. The number of anilines is 1. The van der Waals surface area contributed by atoms with Crippen LogP contribution in [0.3, 0.4) is 0 Å². The lowest BCUT2D eigenvalue weighted by molar-refractivity contribution is 0.394. The smallest absolute Gasteiger partial charge is 0.263 e. The summed E-state index contributed by atoms with van der Waals surface area (Å²) in [5, 5.41) is 5.09. The van der Waals surface area contributed by atoms with E-state index in [2.05, 4.69) is 25.3 Å². The molecule has 0 unspecified atom stereocenters. The number of rotatable bonds is 6. The van der Waals surface area contributed by atoms with Gasteiger partial charge in [0, 0.05) is 40.7 Å². The van der Waals surface area contributed by atoms with E-state index in [1.54, 1.807) is 17.9 Å². The molecule has 0 fully saturated rings. The summed E-state index contributed by atoms with van der Waals surface area (Å²) in [7, 11) is 1.57. The van der Waals surface area contributed by atoms with E-state index in [4.69, 9.17) is 16.3 Å². The van der Waals surface area contributed by atoms with Crippen molar-refractivity contribution in [2.24, 2.45) is 0 Å². The van der Waals surface area contributed by atoms with Crippen LogP contribution < -0.4 is 21.0 Å². The number of benzene rings is 2. The molecule has 0 aliphatic rings. The zero-order valence-corrected chi connectivity index (χ0v) is 23.2. The van der Waals surface area contributed by atoms with E-state index in [0.717, 1.165) is 11.1 Å². The van der Waals surface area contributed by atoms with Crippen molar-refractivity contribution >= 4 is 39.2 Å². The molecule has 0 spiro atoms. The predicted molar refractivity (Wildman–Crippen MR) is 161 cm³/mol. The Hall–Kier alpha value is -5.02. The van der Waals surface area contributed by atoms with Crippen LogP contribution in [0.25, 0.3) is 38.6 Å². The summed E-state index contributed by atoms with van der Waals surface area (Å²) in [6.07, 6.45) is 4.60. The van der Waals surface area contributed by atoms with E-state index in [1.165, 1.54) is 18.6 Å². The predicted octanol–water partition coefficient (Wildman–Crippen LogP) is 5.83. The summed E-state index contributed by atoms with van der Waals surface area (Å²) in [5.74, 6) is 0.855. The second-order valence-corrected chi connectivity index (χ2v) is 9.99. The number of hydrogen-bond acceptors (Lipinski definition) is 7. The number of H-pyrrole nitrogens is 1. The summed E-state index contributed by atoms with van der Waals surface area (Å²) < 4.78 is 6.95. The van der Waals surface area contributed by atoms with Crippen molar-refractivity contribution in [1.82, 2.24) is 24.5 Å². The zero-order valence-electron chi connectivity index (χ0n) is 22.5. The molecule has 4 heterocycles. The average molecular weight is 565 g/mol. The minimum Gasteiger partial charge on any atom is -0.481 e. The molecule has 0 aliphatic heterocycles. The van der Waals surface area contributed by atoms with E-state index in [-0.39, 0.29) is 11.0 Å². The molecule has 0 saturated carbocycles. The highest BCUT2D eigenvalue weighted by atomic mass is 35.5. The highest BCUT2D eigenvalue weighted by molar-refractivity contribution is 6.36. The monoisotopic (exact) mass is 564 g/mol. The van der Waals surface area contributed by atoms with Crippen molar-refractivity contribution in [2.45, 2.75) is 19.9 Å². The second kappa shape index (κ2) is 10.5. The van der Waals surface area contributed by atoms with E-state index >= 15 is 0 Å². The Morgan fingerprint density at radius 3 is 2.56 bits per heavy atom. The number of nitrogens with one attached hydrogen (secondary N) is 2. The van der Waals surface area contributed by atoms with Crippen molar-refractivity contribution in [2.75, 3.05) is 12.4 Å². The molecular weight excluding hydrogens is 540 g/mol. The third-order valence-electron chi connectivity index (χ3n) is 7.04. The number of methoxy groups -OCH3 is 1. The normalized spacial score (nSPS) is 12.0. The highest BCUT2D eigenvalue weighted by Gasteiger charge is 2.24. The van der Waals surface area contributed by atoms with E-state index in [9.17, 15) is 9.59 Å². The third-order valence-corrected chi connectivity index (χ3v) is 7.44. The average Bonchev–Trinajstić information content (AvgIpc) is 2.99. The number of hydrogen-bond donors (Lipinski definition) is 2. The van der Waals surface area contributed by atoms with Crippen LogP contribution in [-0.2, 0) is 0 Å². The maximum Gasteiger partial charge on any atom is 0.263 e. The number of aryl methyl sites for hydroxylation is 1. The zero-order chi connectivity index (χ0) is 28.7. The van der Waals surface area contributed by atoms with E-state index in [0.29, 0.717) is 55.5 Å². The Morgan fingerprint density at radius 1 is 1.00 bits per heavy atom. The van der Waals surface area contributed by atoms with Crippen LogP contribution in [0.1, 0.15) is 24.2 Å². The standard InChI is InChI=1S/C31H25ClN6O3/c1-17-14-19(15-34-30(17)41-3)21-10-7-11-22-24(21)31(40)38(20-8-5-4-6-9-20)27(26(22)32)18(2)37-29-25-23(39)12-13-33-28(25)35-16-36-29/h4-16,18H,1-3H3,(H2,33,35,36,37,39)/t18-/m0/s1. The summed E-state index contributed by atoms with van der Waals surface area (Å²) >= 11 is 7.18. The van der Waals surface area contributed by atoms with E-state index < -0.39 is 6.04 Å². The molecule has 0 aliphatic carbocycles. The Morgan fingerprint density at radius 2 is 1.80 bits per heavy atom. The quantitative estimate of drug-likeness (QED) is 0.261. The van der Waals surface area contributed by atoms with E-state index in [1.807, 2.05) is 68.4 Å². The lowest BCUT2D eigenvalue weighted by atomic mass is 9.98. The van der Waals surface area contributed by atoms with Gasteiger partial charge in [-0.3, -0.25) is 14.2 Å². The molecule has 204 valence electrons. The van der Waals surface area contributed by atoms with Crippen LogP contribution >= 0.6 is 11.6 Å². The molecule has 1 atom stereocenters. The van der Waals surface area contributed by atoms with Gasteiger partial charge in [0.15, 0.2) is 5.43 Å². The van der Waals surface area contributed by atoms with Gasteiger partial charge in [-0.2, -0.15) is 0 Å².